The third-order valence-electron chi connectivity index (χ3n) is 3.77. The highest BCUT2D eigenvalue weighted by Gasteiger charge is 2.10. The monoisotopic (exact) mass is 301 g/mol. The lowest BCUT2D eigenvalue weighted by atomic mass is 10.00. The van der Waals surface area contributed by atoms with E-state index >= 15 is 0 Å². The Morgan fingerprint density at radius 3 is 2.52 bits per heavy atom. The molecular formula is C17H23N3S. The van der Waals surface area contributed by atoms with Gasteiger partial charge in [0.05, 0.1) is 0 Å². The van der Waals surface area contributed by atoms with E-state index in [2.05, 4.69) is 61.9 Å². The van der Waals surface area contributed by atoms with Gasteiger partial charge >= 0.3 is 0 Å². The lowest BCUT2D eigenvalue weighted by molar-refractivity contribution is 0.593. The molecule has 1 unspecified atom stereocenters. The van der Waals surface area contributed by atoms with Crippen LogP contribution < -0.4 is 5.32 Å². The van der Waals surface area contributed by atoms with Crippen LogP contribution in [0, 0.1) is 19.8 Å². The van der Waals surface area contributed by atoms with Crippen LogP contribution in [0.4, 0.5) is 5.13 Å². The second kappa shape index (κ2) is 6.85. The van der Waals surface area contributed by atoms with Crippen molar-refractivity contribution in [2.75, 3.05) is 11.9 Å². The summed E-state index contributed by atoms with van der Waals surface area (Å²) in [4.78, 5) is 0. The molecule has 0 saturated carbocycles. The first-order valence-corrected chi connectivity index (χ1v) is 8.18. The summed E-state index contributed by atoms with van der Waals surface area (Å²) in [6.45, 7) is 13.5. The van der Waals surface area contributed by atoms with Crippen molar-refractivity contribution in [3.05, 3.63) is 35.4 Å². The maximum Gasteiger partial charge on any atom is 0.206 e. The number of aromatic nitrogens is 2. The molecule has 2 rings (SSSR count). The van der Waals surface area contributed by atoms with Crippen molar-refractivity contribution in [2.24, 2.45) is 5.92 Å². The molecule has 1 aromatic heterocycles. The third-order valence-corrected chi connectivity index (χ3v) is 4.70. The van der Waals surface area contributed by atoms with E-state index in [1.54, 1.807) is 11.3 Å². The number of aryl methyl sites for hydroxylation is 2. The molecule has 1 aromatic carbocycles. The fraction of sp³-hybridized carbons (Fsp3) is 0.412. The Hall–Kier alpha value is -1.68. The zero-order valence-corrected chi connectivity index (χ0v) is 14.0. The van der Waals surface area contributed by atoms with Crippen LogP contribution in [0.3, 0.4) is 0 Å². The Morgan fingerprint density at radius 2 is 1.95 bits per heavy atom. The van der Waals surface area contributed by atoms with Crippen LogP contribution in [-0.4, -0.2) is 16.7 Å². The second-order valence-corrected chi connectivity index (χ2v) is 6.51. The van der Waals surface area contributed by atoms with Gasteiger partial charge < -0.3 is 5.32 Å². The molecular weight excluding hydrogens is 278 g/mol. The van der Waals surface area contributed by atoms with Crippen LogP contribution in [0.5, 0.6) is 0 Å². The lowest BCUT2D eigenvalue weighted by Crippen LogP contribution is -2.09. The summed E-state index contributed by atoms with van der Waals surface area (Å²) in [5, 5.41) is 13.8. The fourth-order valence-corrected chi connectivity index (χ4v) is 2.97. The first kappa shape index (κ1) is 15.7. The van der Waals surface area contributed by atoms with Gasteiger partial charge in [0.1, 0.15) is 5.01 Å². The topological polar surface area (TPSA) is 37.8 Å². The van der Waals surface area contributed by atoms with Crippen molar-refractivity contribution in [1.29, 1.82) is 0 Å². The van der Waals surface area contributed by atoms with Crippen LogP contribution in [0.25, 0.3) is 16.6 Å². The molecule has 0 fully saturated rings. The van der Waals surface area contributed by atoms with Gasteiger partial charge in [-0.05, 0) is 48.6 Å². The smallest absolute Gasteiger partial charge is 0.206 e. The van der Waals surface area contributed by atoms with Gasteiger partial charge in [-0.2, -0.15) is 0 Å². The summed E-state index contributed by atoms with van der Waals surface area (Å²) in [7, 11) is 0. The number of rotatable bonds is 6. The first-order chi connectivity index (χ1) is 10.0. The summed E-state index contributed by atoms with van der Waals surface area (Å²) < 4.78 is 0. The molecule has 0 radical (unpaired) electrons. The normalized spacial score (nSPS) is 12.2. The van der Waals surface area contributed by atoms with Crippen LogP contribution in [-0.2, 0) is 0 Å². The average Bonchev–Trinajstić information content (AvgIpc) is 2.93. The predicted octanol–water partition coefficient (Wildman–Crippen LogP) is 4.92. The highest BCUT2D eigenvalue weighted by molar-refractivity contribution is 7.18. The van der Waals surface area contributed by atoms with E-state index in [-0.39, 0.29) is 0 Å². The lowest BCUT2D eigenvalue weighted by Gasteiger charge is -2.08. The minimum absolute atomic E-state index is 0.647. The van der Waals surface area contributed by atoms with Gasteiger partial charge in [0.2, 0.25) is 5.13 Å². The van der Waals surface area contributed by atoms with E-state index in [0.717, 1.165) is 22.2 Å². The second-order valence-electron chi connectivity index (χ2n) is 5.53. The van der Waals surface area contributed by atoms with Crippen molar-refractivity contribution in [1.82, 2.24) is 10.2 Å². The molecule has 0 aliphatic heterocycles. The molecule has 1 N–H and O–H groups in total. The van der Waals surface area contributed by atoms with Crippen LogP contribution in [0.15, 0.2) is 18.7 Å². The van der Waals surface area contributed by atoms with E-state index in [1.807, 2.05) is 6.08 Å². The molecule has 0 saturated heterocycles. The molecule has 1 atom stereocenters. The standard InChI is InChI=1S/C17H23N3S/c1-6-11(3)10-18-17-20-19-16(21-17)14-8-12(4)15(7-2)13(5)9-14/h7-9,11H,2,6,10H2,1,3-5H3,(H,18,20). The van der Waals surface area contributed by atoms with Crippen molar-refractivity contribution < 1.29 is 0 Å². The van der Waals surface area contributed by atoms with E-state index < -0.39 is 0 Å². The quantitative estimate of drug-likeness (QED) is 0.822. The SMILES string of the molecule is C=Cc1c(C)cc(-c2nnc(NCC(C)CC)s2)cc1C. The molecule has 0 bridgehead atoms. The summed E-state index contributed by atoms with van der Waals surface area (Å²) in [5.41, 5.74) is 4.79. The number of hydrogen-bond acceptors (Lipinski definition) is 4. The molecule has 112 valence electrons. The maximum atomic E-state index is 4.31. The number of benzene rings is 1. The molecule has 1 heterocycles. The van der Waals surface area contributed by atoms with Gasteiger partial charge in [-0.1, -0.05) is 44.3 Å². The summed E-state index contributed by atoms with van der Waals surface area (Å²) >= 11 is 1.61. The highest BCUT2D eigenvalue weighted by atomic mass is 32.1. The van der Waals surface area contributed by atoms with Gasteiger partial charge in [-0.25, -0.2) is 0 Å². The Kier molecular flexibility index (Phi) is 5.12. The van der Waals surface area contributed by atoms with Gasteiger partial charge in [0, 0.05) is 12.1 Å². The molecule has 21 heavy (non-hydrogen) atoms. The van der Waals surface area contributed by atoms with Gasteiger partial charge in [0.15, 0.2) is 0 Å². The molecule has 0 aliphatic rings. The zero-order valence-electron chi connectivity index (χ0n) is 13.2. The largest absolute Gasteiger partial charge is 0.360 e. The van der Waals surface area contributed by atoms with Crippen molar-refractivity contribution in [3.8, 4) is 10.6 Å². The molecule has 0 amide bonds. The van der Waals surface area contributed by atoms with Crippen LogP contribution >= 0.6 is 11.3 Å². The molecule has 2 aromatic rings. The van der Waals surface area contributed by atoms with E-state index in [4.69, 9.17) is 0 Å². The van der Waals surface area contributed by atoms with E-state index in [0.29, 0.717) is 5.92 Å². The Bertz CT molecular complexity index is 608. The Balaban J connectivity index is 2.20. The number of hydrogen-bond donors (Lipinski definition) is 1. The first-order valence-electron chi connectivity index (χ1n) is 7.36. The molecule has 0 spiro atoms. The third kappa shape index (κ3) is 3.70. The van der Waals surface area contributed by atoms with Crippen molar-refractivity contribution in [3.63, 3.8) is 0 Å². The van der Waals surface area contributed by atoms with Gasteiger partial charge in [-0.15, -0.1) is 10.2 Å². The summed E-state index contributed by atoms with van der Waals surface area (Å²) in [5.74, 6) is 0.647. The maximum absolute atomic E-state index is 4.31. The Labute approximate surface area is 131 Å². The molecule has 0 aliphatic carbocycles. The minimum Gasteiger partial charge on any atom is -0.360 e. The average molecular weight is 301 g/mol. The molecule has 4 heteroatoms. The highest BCUT2D eigenvalue weighted by Crippen LogP contribution is 2.30. The summed E-state index contributed by atoms with van der Waals surface area (Å²) in [6.07, 6.45) is 3.08. The van der Waals surface area contributed by atoms with Gasteiger partial charge in [-0.3, -0.25) is 0 Å². The minimum atomic E-state index is 0.647. The fourth-order valence-electron chi connectivity index (χ4n) is 2.24. The van der Waals surface area contributed by atoms with Crippen LogP contribution in [0.1, 0.15) is 37.0 Å². The molecule has 3 nitrogen and oxygen atoms in total. The summed E-state index contributed by atoms with van der Waals surface area (Å²) in [6, 6.07) is 4.31. The predicted molar refractivity (Wildman–Crippen MR) is 92.9 cm³/mol. The van der Waals surface area contributed by atoms with Gasteiger partial charge in [0.25, 0.3) is 0 Å². The number of nitrogens with zero attached hydrogens (tertiary/aromatic N) is 2. The Morgan fingerprint density at radius 1 is 1.29 bits per heavy atom. The van der Waals surface area contributed by atoms with Crippen molar-refractivity contribution in [2.45, 2.75) is 34.1 Å². The number of nitrogens with one attached hydrogen (secondary N) is 1. The number of anilines is 1. The van der Waals surface area contributed by atoms with E-state index in [9.17, 15) is 0 Å². The van der Waals surface area contributed by atoms with E-state index in [1.165, 1.54) is 23.1 Å². The van der Waals surface area contributed by atoms with Crippen molar-refractivity contribution >= 4 is 22.5 Å². The van der Waals surface area contributed by atoms with Crippen LogP contribution in [0.2, 0.25) is 0 Å². The zero-order chi connectivity index (χ0) is 15.4.